The van der Waals surface area contributed by atoms with E-state index in [2.05, 4.69) is 24.3 Å². The average Bonchev–Trinajstić information content (AvgIpc) is 2.55. The predicted molar refractivity (Wildman–Crippen MR) is 92.7 cm³/mol. The largest absolute Gasteiger partial charge is 0.385 e. The van der Waals surface area contributed by atoms with Gasteiger partial charge < -0.3 is 14.7 Å². The third kappa shape index (κ3) is 5.03. The number of aliphatic hydroxyl groups is 1. The molecule has 1 aromatic rings. The molecule has 128 valence electrons. The molecule has 3 heteroatoms. The zero-order valence-electron chi connectivity index (χ0n) is 14.3. The van der Waals surface area contributed by atoms with E-state index in [1.54, 1.807) is 4.90 Å². The van der Waals surface area contributed by atoms with Crippen LogP contribution in [0.15, 0.2) is 24.3 Å². The quantitative estimate of drug-likeness (QED) is 0.873. The number of ether oxygens (including phenoxy) is 1. The van der Waals surface area contributed by atoms with Gasteiger partial charge in [-0.15, -0.1) is 0 Å². The van der Waals surface area contributed by atoms with Gasteiger partial charge in [-0.25, -0.2) is 0 Å². The number of nitrogens with one attached hydrogen (secondary N) is 1. The molecule has 1 heterocycles. The fourth-order valence-electron chi connectivity index (χ4n) is 4.11. The number of hydrogen-bond acceptors (Lipinski definition) is 2. The third-order valence-corrected chi connectivity index (χ3v) is 5.39. The minimum absolute atomic E-state index is 0.178. The Balaban J connectivity index is 1.46. The highest BCUT2D eigenvalue weighted by molar-refractivity contribution is 5.31. The number of aliphatic hydroxyl groups excluding tert-OH is 1. The van der Waals surface area contributed by atoms with Gasteiger partial charge in [-0.1, -0.05) is 30.7 Å². The third-order valence-electron chi connectivity index (χ3n) is 5.39. The Morgan fingerprint density at radius 2 is 1.78 bits per heavy atom. The first-order chi connectivity index (χ1) is 11.3. The first-order valence-corrected chi connectivity index (χ1v) is 9.54. The second-order valence-electron chi connectivity index (χ2n) is 7.29. The monoisotopic (exact) mass is 318 g/mol. The van der Waals surface area contributed by atoms with Crippen molar-refractivity contribution in [3.63, 3.8) is 0 Å². The van der Waals surface area contributed by atoms with Crippen LogP contribution in [0.3, 0.4) is 0 Å². The zero-order valence-corrected chi connectivity index (χ0v) is 14.3. The van der Waals surface area contributed by atoms with Crippen molar-refractivity contribution in [1.29, 1.82) is 0 Å². The molecule has 0 radical (unpaired) electrons. The van der Waals surface area contributed by atoms with Crippen molar-refractivity contribution in [3.8, 4) is 0 Å². The van der Waals surface area contributed by atoms with E-state index in [9.17, 15) is 5.11 Å². The summed E-state index contributed by atoms with van der Waals surface area (Å²) in [6.45, 7) is 3.74. The molecule has 2 N–H and O–H groups in total. The summed E-state index contributed by atoms with van der Waals surface area (Å²) in [5.74, 6) is 0. The highest BCUT2D eigenvalue weighted by Gasteiger charge is 2.22. The summed E-state index contributed by atoms with van der Waals surface area (Å²) >= 11 is 0. The molecule has 23 heavy (non-hydrogen) atoms. The minimum atomic E-state index is -0.335. The van der Waals surface area contributed by atoms with Crippen molar-refractivity contribution in [1.82, 2.24) is 0 Å². The number of likely N-dealkylation sites (tertiary alicyclic amines) is 1. The standard InChI is InChI=1S/C20H31NO2/c22-18(15-21-13-6-2-1-3-7-14-21)16-23-20-12-8-10-17-9-4-5-11-19(17)20/h4-5,9,11,18,20,22H,1-3,6-8,10,12-16H2/p+1/t18-,20-/m0/s1. The van der Waals surface area contributed by atoms with Crippen LogP contribution in [0.25, 0.3) is 0 Å². The lowest BCUT2D eigenvalue weighted by molar-refractivity contribution is -0.904. The molecule has 1 aliphatic heterocycles. The van der Waals surface area contributed by atoms with Crippen molar-refractivity contribution in [2.75, 3.05) is 26.2 Å². The molecule has 0 bridgehead atoms. The van der Waals surface area contributed by atoms with Gasteiger partial charge in [-0.3, -0.25) is 0 Å². The van der Waals surface area contributed by atoms with Crippen molar-refractivity contribution in [3.05, 3.63) is 35.4 Å². The topological polar surface area (TPSA) is 33.9 Å². The Morgan fingerprint density at radius 3 is 2.61 bits per heavy atom. The molecule has 1 saturated heterocycles. The molecule has 3 nitrogen and oxygen atoms in total. The van der Waals surface area contributed by atoms with E-state index in [0.29, 0.717) is 6.61 Å². The normalized spacial score (nSPS) is 24.5. The Hall–Kier alpha value is -0.900. The van der Waals surface area contributed by atoms with Gasteiger partial charge in [0.2, 0.25) is 0 Å². The Morgan fingerprint density at radius 1 is 1.04 bits per heavy atom. The minimum Gasteiger partial charge on any atom is -0.385 e. The maximum absolute atomic E-state index is 10.4. The second-order valence-corrected chi connectivity index (χ2v) is 7.29. The highest BCUT2D eigenvalue weighted by atomic mass is 16.5. The Kier molecular flexibility index (Phi) is 6.49. The Labute approximate surface area is 140 Å². The molecular weight excluding hydrogens is 286 g/mol. The lowest BCUT2D eigenvalue weighted by atomic mass is 9.89. The summed E-state index contributed by atoms with van der Waals surface area (Å²) in [5.41, 5.74) is 2.76. The van der Waals surface area contributed by atoms with Gasteiger partial charge in [-0.2, -0.15) is 0 Å². The lowest BCUT2D eigenvalue weighted by Gasteiger charge is -2.28. The summed E-state index contributed by atoms with van der Waals surface area (Å²) in [6, 6.07) is 8.61. The molecular formula is C20H32NO2+. The van der Waals surface area contributed by atoms with Gasteiger partial charge >= 0.3 is 0 Å². The van der Waals surface area contributed by atoms with Crippen LogP contribution in [0.2, 0.25) is 0 Å². The van der Waals surface area contributed by atoms with Gasteiger partial charge in [0, 0.05) is 0 Å². The van der Waals surface area contributed by atoms with Crippen LogP contribution < -0.4 is 4.90 Å². The van der Waals surface area contributed by atoms with Crippen LogP contribution in [0, 0.1) is 0 Å². The molecule has 2 atom stereocenters. The lowest BCUT2D eigenvalue weighted by Crippen LogP contribution is -3.13. The number of aryl methyl sites for hydroxylation is 1. The van der Waals surface area contributed by atoms with E-state index < -0.39 is 0 Å². The number of quaternary nitrogens is 1. The van der Waals surface area contributed by atoms with E-state index in [-0.39, 0.29) is 12.2 Å². The molecule has 2 aliphatic rings. The van der Waals surface area contributed by atoms with Gasteiger partial charge in [0.25, 0.3) is 0 Å². The number of hydrogen-bond donors (Lipinski definition) is 2. The van der Waals surface area contributed by atoms with Crippen molar-refractivity contribution in [2.24, 2.45) is 0 Å². The summed E-state index contributed by atoms with van der Waals surface area (Å²) in [5, 5.41) is 10.4. The predicted octanol–water partition coefficient (Wildman–Crippen LogP) is 2.29. The fraction of sp³-hybridized carbons (Fsp3) is 0.700. The summed E-state index contributed by atoms with van der Waals surface area (Å²) in [4.78, 5) is 1.56. The molecule has 0 amide bonds. The number of rotatable bonds is 5. The molecule has 1 fully saturated rings. The van der Waals surface area contributed by atoms with E-state index in [1.807, 2.05) is 0 Å². The molecule has 1 aromatic carbocycles. The molecule has 3 rings (SSSR count). The Bertz CT molecular complexity index is 468. The molecule has 0 spiro atoms. The van der Waals surface area contributed by atoms with Gasteiger partial charge in [-0.05, 0) is 56.1 Å². The van der Waals surface area contributed by atoms with Crippen LogP contribution >= 0.6 is 0 Å². The summed E-state index contributed by atoms with van der Waals surface area (Å²) in [7, 11) is 0. The first-order valence-electron chi connectivity index (χ1n) is 9.54. The maximum Gasteiger partial charge on any atom is 0.126 e. The van der Waals surface area contributed by atoms with Crippen LogP contribution in [0.5, 0.6) is 0 Å². The SMILES string of the molecule is O[C@H](CO[C@H]1CCCc2ccccc21)C[NH+]1CCCCCCC1. The highest BCUT2D eigenvalue weighted by Crippen LogP contribution is 2.32. The van der Waals surface area contributed by atoms with Crippen LogP contribution in [0.4, 0.5) is 0 Å². The second kappa shape index (κ2) is 8.81. The fourth-order valence-corrected chi connectivity index (χ4v) is 4.11. The van der Waals surface area contributed by atoms with E-state index >= 15 is 0 Å². The number of fused-ring (bicyclic) bond motifs is 1. The molecule has 0 saturated carbocycles. The van der Waals surface area contributed by atoms with Crippen LogP contribution in [-0.4, -0.2) is 37.5 Å². The average molecular weight is 318 g/mol. The summed E-state index contributed by atoms with van der Waals surface area (Å²) in [6.07, 6.45) is 9.99. The number of benzene rings is 1. The van der Waals surface area contributed by atoms with Crippen molar-refractivity contribution >= 4 is 0 Å². The van der Waals surface area contributed by atoms with E-state index in [4.69, 9.17) is 4.74 Å². The maximum atomic E-state index is 10.4. The molecule has 1 aliphatic carbocycles. The van der Waals surface area contributed by atoms with E-state index in [0.717, 1.165) is 19.4 Å². The zero-order chi connectivity index (χ0) is 15.9. The van der Waals surface area contributed by atoms with Crippen molar-refractivity contribution in [2.45, 2.75) is 63.6 Å². The van der Waals surface area contributed by atoms with E-state index in [1.165, 1.54) is 62.7 Å². The van der Waals surface area contributed by atoms with Crippen LogP contribution in [-0.2, 0) is 11.2 Å². The van der Waals surface area contributed by atoms with Gasteiger partial charge in [0.15, 0.2) is 0 Å². The first kappa shape index (κ1) is 16.9. The van der Waals surface area contributed by atoms with Gasteiger partial charge in [0.1, 0.15) is 12.6 Å². The smallest absolute Gasteiger partial charge is 0.126 e. The van der Waals surface area contributed by atoms with Crippen LogP contribution in [0.1, 0.15) is 62.2 Å². The molecule has 0 unspecified atom stereocenters. The summed E-state index contributed by atoms with van der Waals surface area (Å²) < 4.78 is 6.11. The van der Waals surface area contributed by atoms with Gasteiger partial charge in [0.05, 0.1) is 25.8 Å². The van der Waals surface area contributed by atoms with Crippen molar-refractivity contribution < 1.29 is 14.7 Å². The molecule has 0 aromatic heterocycles.